The Morgan fingerprint density at radius 2 is 1.11 bits per heavy atom. The van der Waals surface area contributed by atoms with Crippen LogP contribution in [0, 0.1) is 0 Å². The molecule has 0 amide bonds. The van der Waals surface area contributed by atoms with Gasteiger partial charge in [-0.15, -0.1) is 0 Å². The van der Waals surface area contributed by atoms with Gasteiger partial charge in [0, 0.05) is 17.4 Å². The summed E-state index contributed by atoms with van der Waals surface area (Å²) < 4.78 is 11.6. The van der Waals surface area contributed by atoms with Gasteiger partial charge >= 0.3 is 11.6 Å². The van der Waals surface area contributed by atoms with Gasteiger partial charge in [0.05, 0.1) is 11.3 Å². The van der Waals surface area contributed by atoms with Crippen LogP contribution in [0.25, 0.3) is 21.7 Å². The summed E-state index contributed by atoms with van der Waals surface area (Å²) in [6, 6.07) is 42.2. The number of hydrogen-bond acceptors (Lipinski definition) is 4. The van der Waals surface area contributed by atoms with Gasteiger partial charge in [-0.3, -0.25) is 4.79 Å². The highest BCUT2D eigenvalue weighted by molar-refractivity contribution is 6.04. The van der Waals surface area contributed by atoms with E-state index < -0.39 is 17.5 Å². The van der Waals surface area contributed by atoms with E-state index in [0.717, 1.165) is 27.5 Å². The van der Waals surface area contributed by atoms with Crippen LogP contribution in [0.2, 0.25) is 0 Å². The van der Waals surface area contributed by atoms with Crippen molar-refractivity contribution < 1.29 is 13.9 Å². The monoisotopic (exact) mass is 496 g/mol. The molecule has 4 nitrogen and oxygen atoms in total. The largest absolute Gasteiger partial charge is 0.426 e. The molecule has 0 aliphatic carbocycles. The van der Waals surface area contributed by atoms with Gasteiger partial charge in [-0.05, 0) is 40.3 Å². The fourth-order valence-corrected chi connectivity index (χ4v) is 5.13. The minimum Gasteiger partial charge on any atom is -0.426 e. The third-order valence-corrected chi connectivity index (χ3v) is 6.87. The molecule has 5 aromatic carbocycles. The molecule has 1 unspecified atom stereocenters. The summed E-state index contributed by atoms with van der Waals surface area (Å²) in [5.41, 5.74) is 2.83. The number of esters is 1. The lowest BCUT2D eigenvalue weighted by Gasteiger charge is -2.27. The molecule has 1 aromatic heterocycles. The second-order valence-electron chi connectivity index (χ2n) is 9.20. The molecule has 0 saturated heterocycles. The summed E-state index contributed by atoms with van der Waals surface area (Å²) in [6.07, 6.45) is 0. The molecular weight excluding hydrogens is 472 g/mol. The zero-order valence-corrected chi connectivity index (χ0v) is 20.5. The maximum absolute atomic E-state index is 14.0. The zero-order chi connectivity index (χ0) is 25.9. The Morgan fingerprint density at radius 3 is 1.71 bits per heavy atom. The molecule has 0 spiro atoms. The van der Waals surface area contributed by atoms with Crippen LogP contribution in [0.3, 0.4) is 0 Å². The van der Waals surface area contributed by atoms with E-state index in [1.165, 1.54) is 0 Å². The lowest BCUT2D eigenvalue weighted by molar-refractivity contribution is -0.136. The van der Waals surface area contributed by atoms with Crippen LogP contribution in [-0.2, 0) is 4.79 Å². The molecule has 1 heterocycles. The van der Waals surface area contributed by atoms with Gasteiger partial charge in [0.15, 0.2) is 0 Å². The van der Waals surface area contributed by atoms with Gasteiger partial charge in [-0.1, -0.05) is 109 Å². The molecule has 38 heavy (non-hydrogen) atoms. The first-order chi connectivity index (χ1) is 18.7. The number of carbonyl (C=O) groups excluding carboxylic acids is 1. The fourth-order valence-electron chi connectivity index (χ4n) is 5.13. The Balaban J connectivity index is 1.44. The van der Waals surface area contributed by atoms with E-state index in [2.05, 4.69) is 0 Å². The highest BCUT2D eigenvalue weighted by atomic mass is 16.5. The van der Waals surface area contributed by atoms with E-state index >= 15 is 0 Å². The summed E-state index contributed by atoms with van der Waals surface area (Å²) in [6.45, 7) is 0. The Bertz CT molecular complexity index is 1730. The highest BCUT2D eigenvalue weighted by Crippen LogP contribution is 2.40. The highest BCUT2D eigenvalue weighted by Gasteiger charge is 2.34. The molecule has 0 bridgehead atoms. The third-order valence-electron chi connectivity index (χ3n) is 6.87. The number of ether oxygens (including phenoxy) is 1. The predicted octanol–water partition coefficient (Wildman–Crippen LogP) is 7.47. The molecule has 0 saturated carbocycles. The van der Waals surface area contributed by atoms with Gasteiger partial charge in [0.2, 0.25) is 0 Å². The molecule has 6 aromatic rings. The standard InChI is InChI=1S/C34H24O4/c35-33-29-19-11-10-18-27(29)28-21-20-26(22-30(28)38-33)37-34(36)32(25-16-8-3-9-17-25)31(23-12-4-1-5-13-23)24-14-6-2-7-15-24/h1-22,31-32H. The van der Waals surface area contributed by atoms with Crippen LogP contribution in [-0.4, -0.2) is 5.97 Å². The van der Waals surface area contributed by atoms with Gasteiger partial charge in [0.25, 0.3) is 0 Å². The minimum atomic E-state index is -0.611. The first-order valence-corrected chi connectivity index (χ1v) is 12.5. The molecule has 1 atom stereocenters. The van der Waals surface area contributed by atoms with Crippen molar-refractivity contribution in [1.82, 2.24) is 0 Å². The number of fused-ring (bicyclic) bond motifs is 3. The molecule has 0 N–H and O–H groups in total. The molecule has 6 rings (SSSR count). The first-order valence-electron chi connectivity index (χ1n) is 12.5. The van der Waals surface area contributed by atoms with E-state index in [1.54, 1.807) is 24.3 Å². The van der Waals surface area contributed by atoms with Gasteiger partial charge in [0.1, 0.15) is 11.3 Å². The average Bonchev–Trinajstić information content (AvgIpc) is 2.97. The van der Waals surface area contributed by atoms with Crippen LogP contribution >= 0.6 is 0 Å². The third kappa shape index (κ3) is 4.48. The number of benzene rings is 5. The summed E-state index contributed by atoms with van der Waals surface area (Å²) in [5, 5.41) is 2.10. The minimum absolute atomic E-state index is 0.269. The predicted molar refractivity (Wildman–Crippen MR) is 150 cm³/mol. The molecule has 0 aliphatic heterocycles. The molecule has 0 radical (unpaired) electrons. The van der Waals surface area contributed by atoms with Crippen molar-refractivity contribution in [1.29, 1.82) is 0 Å². The second-order valence-corrected chi connectivity index (χ2v) is 9.20. The van der Waals surface area contributed by atoms with Crippen molar-refractivity contribution in [3.63, 3.8) is 0 Å². The van der Waals surface area contributed by atoms with Crippen LogP contribution < -0.4 is 10.4 Å². The van der Waals surface area contributed by atoms with Crippen molar-refractivity contribution in [3.05, 3.63) is 161 Å². The smallest absolute Gasteiger partial charge is 0.344 e. The SMILES string of the molecule is O=C(Oc1ccc2c(c1)oc(=O)c1ccccc12)C(c1ccccc1)C(c1ccccc1)c1ccccc1. The van der Waals surface area contributed by atoms with Crippen LogP contribution in [0.15, 0.2) is 143 Å². The molecule has 0 aliphatic rings. The topological polar surface area (TPSA) is 56.5 Å². The van der Waals surface area contributed by atoms with Gasteiger partial charge < -0.3 is 9.15 Å². The summed E-state index contributed by atoms with van der Waals surface area (Å²) in [7, 11) is 0. The normalized spacial score (nSPS) is 12.0. The maximum Gasteiger partial charge on any atom is 0.344 e. The molecule has 4 heteroatoms. The summed E-state index contributed by atoms with van der Waals surface area (Å²) in [5.74, 6) is -0.951. The maximum atomic E-state index is 14.0. The van der Waals surface area contributed by atoms with Crippen molar-refractivity contribution in [2.45, 2.75) is 11.8 Å². The number of carbonyl (C=O) groups is 1. The van der Waals surface area contributed by atoms with Crippen LogP contribution in [0.5, 0.6) is 5.75 Å². The van der Waals surface area contributed by atoms with E-state index in [4.69, 9.17) is 9.15 Å². The molecule has 184 valence electrons. The van der Waals surface area contributed by atoms with Gasteiger partial charge in [-0.25, -0.2) is 4.79 Å². The number of rotatable bonds is 6. The average molecular weight is 497 g/mol. The molecule has 0 fully saturated rings. The lowest BCUT2D eigenvalue weighted by atomic mass is 9.77. The first kappa shape index (κ1) is 23.4. The Hall–Kier alpha value is -4.96. The Morgan fingerprint density at radius 1 is 0.579 bits per heavy atom. The summed E-state index contributed by atoms with van der Waals surface area (Å²) >= 11 is 0. The van der Waals surface area contributed by atoms with Crippen molar-refractivity contribution in [2.24, 2.45) is 0 Å². The molecular formula is C34H24O4. The lowest BCUT2D eigenvalue weighted by Crippen LogP contribution is -2.26. The van der Waals surface area contributed by atoms with E-state index in [1.807, 2.05) is 109 Å². The quantitative estimate of drug-likeness (QED) is 0.104. The second kappa shape index (κ2) is 10.2. The van der Waals surface area contributed by atoms with Crippen molar-refractivity contribution in [2.75, 3.05) is 0 Å². The van der Waals surface area contributed by atoms with E-state index in [9.17, 15) is 9.59 Å². The van der Waals surface area contributed by atoms with Gasteiger partial charge in [-0.2, -0.15) is 0 Å². The van der Waals surface area contributed by atoms with E-state index in [-0.39, 0.29) is 5.92 Å². The van der Waals surface area contributed by atoms with Crippen LogP contribution in [0.4, 0.5) is 0 Å². The van der Waals surface area contributed by atoms with E-state index in [0.29, 0.717) is 16.7 Å². The van der Waals surface area contributed by atoms with Crippen molar-refractivity contribution in [3.8, 4) is 5.75 Å². The van der Waals surface area contributed by atoms with Crippen LogP contribution in [0.1, 0.15) is 28.5 Å². The Kier molecular flexibility index (Phi) is 6.29. The Labute approximate surface area is 219 Å². The summed E-state index contributed by atoms with van der Waals surface area (Å²) in [4.78, 5) is 26.6. The van der Waals surface area contributed by atoms with Crippen molar-refractivity contribution >= 4 is 27.7 Å². The number of hydrogen-bond donors (Lipinski definition) is 0. The fraction of sp³-hybridized carbons (Fsp3) is 0.0588. The zero-order valence-electron chi connectivity index (χ0n) is 20.5.